The van der Waals surface area contributed by atoms with Gasteiger partial charge in [-0.1, -0.05) is 31.5 Å². The third-order valence-corrected chi connectivity index (χ3v) is 6.67. The molecule has 0 spiro atoms. The fourth-order valence-corrected chi connectivity index (χ4v) is 4.99. The zero-order valence-electron chi connectivity index (χ0n) is 17.9. The first-order valence-electron chi connectivity index (χ1n) is 10.2. The van der Waals surface area contributed by atoms with E-state index < -0.39 is 10.0 Å². The maximum absolute atomic E-state index is 13.1. The first-order valence-corrected chi connectivity index (χ1v) is 12.1. The van der Waals surface area contributed by atoms with Crippen molar-refractivity contribution in [2.24, 2.45) is 0 Å². The molecule has 3 rings (SSSR count). The van der Waals surface area contributed by atoms with Crippen LogP contribution in [-0.2, 0) is 10.0 Å². The van der Waals surface area contributed by atoms with Crippen molar-refractivity contribution in [1.82, 2.24) is 10.2 Å². The number of anilines is 1. The lowest BCUT2D eigenvalue weighted by molar-refractivity contribution is 0.0691. The van der Waals surface area contributed by atoms with Crippen LogP contribution in [0.2, 0.25) is 5.02 Å². The molecule has 0 aliphatic carbocycles. The van der Waals surface area contributed by atoms with Crippen LogP contribution in [0.25, 0.3) is 0 Å². The van der Waals surface area contributed by atoms with Gasteiger partial charge in [-0.05, 0) is 49.2 Å². The minimum atomic E-state index is -3.95. The highest BCUT2D eigenvalue weighted by Crippen LogP contribution is 2.30. The van der Waals surface area contributed by atoms with E-state index in [4.69, 9.17) is 16.3 Å². The van der Waals surface area contributed by atoms with E-state index in [9.17, 15) is 13.2 Å². The van der Waals surface area contributed by atoms with Crippen LogP contribution in [0.4, 0.5) is 5.69 Å². The number of carbonyl (C=O) groups is 1. The molecule has 0 saturated carbocycles. The zero-order chi connectivity index (χ0) is 22.6. The van der Waals surface area contributed by atoms with Crippen molar-refractivity contribution in [3.05, 3.63) is 53.1 Å². The van der Waals surface area contributed by atoms with Crippen LogP contribution in [-0.4, -0.2) is 51.5 Å². The van der Waals surface area contributed by atoms with Crippen molar-refractivity contribution in [3.8, 4) is 5.75 Å². The van der Waals surface area contributed by atoms with Crippen molar-refractivity contribution >= 4 is 33.2 Å². The van der Waals surface area contributed by atoms with Crippen molar-refractivity contribution in [1.29, 1.82) is 0 Å². The molecule has 0 bridgehead atoms. The Hall–Kier alpha value is -2.29. The van der Waals surface area contributed by atoms with Crippen molar-refractivity contribution < 1.29 is 17.9 Å². The summed E-state index contributed by atoms with van der Waals surface area (Å²) >= 11 is 6.00. The molecule has 1 aliphatic heterocycles. The predicted molar refractivity (Wildman–Crippen MR) is 122 cm³/mol. The molecule has 168 valence electrons. The fourth-order valence-electron chi connectivity index (χ4n) is 3.71. The van der Waals surface area contributed by atoms with Crippen LogP contribution in [0.15, 0.2) is 47.4 Å². The number of piperidine rings is 1. The maximum atomic E-state index is 13.1. The highest BCUT2D eigenvalue weighted by Gasteiger charge is 2.26. The summed E-state index contributed by atoms with van der Waals surface area (Å²) in [6.07, 6.45) is 1.92. The summed E-state index contributed by atoms with van der Waals surface area (Å²) in [5.74, 6) is 0.171. The smallest absolute Gasteiger partial charge is 0.262 e. The highest BCUT2D eigenvalue weighted by atomic mass is 35.5. The SMILES string of the molecule is COc1ccc(Cl)cc1NS(=O)(=O)c1cccc(C(=O)N2CCCC(NC(C)C)C2)c1. The van der Waals surface area contributed by atoms with Crippen LogP contribution in [0.3, 0.4) is 0 Å². The van der Waals surface area contributed by atoms with Gasteiger partial charge in [0.15, 0.2) is 0 Å². The van der Waals surface area contributed by atoms with Crippen LogP contribution >= 0.6 is 11.6 Å². The summed E-state index contributed by atoms with van der Waals surface area (Å²) in [5, 5.41) is 3.85. The Kier molecular flexibility index (Phi) is 7.46. The number of hydrogen-bond acceptors (Lipinski definition) is 5. The molecule has 1 atom stereocenters. The molecule has 1 heterocycles. The van der Waals surface area contributed by atoms with Gasteiger partial charge in [0, 0.05) is 35.8 Å². The summed E-state index contributed by atoms with van der Waals surface area (Å²) in [5.41, 5.74) is 0.566. The van der Waals surface area contributed by atoms with Gasteiger partial charge < -0.3 is 15.0 Å². The molecular weight excluding hydrogens is 438 g/mol. The van der Waals surface area contributed by atoms with E-state index >= 15 is 0 Å². The van der Waals surface area contributed by atoms with Gasteiger partial charge in [0.2, 0.25) is 0 Å². The first-order chi connectivity index (χ1) is 14.7. The lowest BCUT2D eigenvalue weighted by Gasteiger charge is -2.34. The van der Waals surface area contributed by atoms with E-state index in [2.05, 4.69) is 23.9 Å². The van der Waals surface area contributed by atoms with E-state index in [1.54, 1.807) is 29.2 Å². The van der Waals surface area contributed by atoms with Gasteiger partial charge in [-0.3, -0.25) is 9.52 Å². The first kappa shape index (κ1) is 23.4. The fraction of sp³-hybridized carbons (Fsp3) is 0.409. The zero-order valence-corrected chi connectivity index (χ0v) is 19.5. The Morgan fingerprint density at radius 1 is 1.23 bits per heavy atom. The lowest BCUT2D eigenvalue weighted by atomic mass is 10.0. The summed E-state index contributed by atoms with van der Waals surface area (Å²) in [7, 11) is -2.50. The molecule has 1 saturated heterocycles. The van der Waals surface area contributed by atoms with Gasteiger partial charge in [0.05, 0.1) is 17.7 Å². The molecule has 2 aromatic carbocycles. The van der Waals surface area contributed by atoms with Crippen LogP contribution in [0.5, 0.6) is 5.75 Å². The minimum absolute atomic E-state index is 0.00533. The number of nitrogens with zero attached hydrogens (tertiary/aromatic N) is 1. The van der Waals surface area contributed by atoms with Gasteiger partial charge in [0.25, 0.3) is 15.9 Å². The number of ether oxygens (including phenoxy) is 1. The molecule has 1 fully saturated rings. The van der Waals surface area contributed by atoms with Crippen molar-refractivity contribution in [2.75, 3.05) is 24.9 Å². The second kappa shape index (κ2) is 9.89. The number of likely N-dealkylation sites (tertiary alicyclic amines) is 1. The Bertz CT molecular complexity index is 1040. The quantitative estimate of drug-likeness (QED) is 0.650. The number of sulfonamides is 1. The number of rotatable bonds is 7. The Balaban J connectivity index is 1.81. The average molecular weight is 466 g/mol. The Morgan fingerprint density at radius 2 is 2.00 bits per heavy atom. The van der Waals surface area contributed by atoms with E-state index in [1.807, 2.05) is 0 Å². The van der Waals surface area contributed by atoms with E-state index in [-0.39, 0.29) is 22.5 Å². The van der Waals surface area contributed by atoms with Gasteiger partial charge in [-0.2, -0.15) is 0 Å². The second-order valence-corrected chi connectivity index (χ2v) is 10.0. The third kappa shape index (κ3) is 5.90. The monoisotopic (exact) mass is 465 g/mol. The molecule has 9 heteroatoms. The number of nitrogens with one attached hydrogen (secondary N) is 2. The number of methoxy groups -OCH3 is 1. The molecule has 1 unspecified atom stereocenters. The maximum Gasteiger partial charge on any atom is 0.262 e. The number of carbonyl (C=O) groups excluding carboxylic acids is 1. The van der Waals surface area contributed by atoms with Crippen LogP contribution in [0.1, 0.15) is 37.0 Å². The molecule has 7 nitrogen and oxygen atoms in total. The molecule has 1 amide bonds. The Labute approximate surface area is 188 Å². The lowest BCUT2D eigenvalue weighted by Crippen LogP contribution is -2.49. The molecule has 0 aromatic heterocycles. The third-order valence-electron chi connectivity index (χ3n) is 5.07. The van der Waals surface area contributed by atoms with Crippen molar-refractivity contribution in [3.63, 3.8) is 0 Å². The van der Waals surface area contributed by atoms with Gasteiger partial charge >= 0.3 is 0 Å². The second-order valence-electron chi connectivity index (χ2n) is 7.89. The number of halogens is 1. The Morgan fingerprint density at radius 3 is 2.71 bits per heavy atom. The predicted octanol–water partition coefficient (Wildman–Crippen LogP) is 3.75. The molecule has 0 radical (unpaired) electrons. The topological polar surface area (TPSA) is 87.7 Å². The summed E-state index contributed by atoms with van der Waals surface area (Å²) in [6.45, 7) is 5.42. The summed E-state index contributed by atoms with van der Waals surface area (Å²) in [6, 6.07) is 11.3. The summed E-state index contributed by atoms with van der Waals surface area (Å²) in [4.78, 5) is 14.8. The van der Waals surface area contributed by atoms with E-state index in [0.29, 0.717) is 35.5 Å². The largest absolute Gasteiger partial charge is 0.495 e. The number of hydrogen-bond donors (Lipinski definition) is 2. The molecule has 1 aliphatic rings. The number of amides is 1. The summed E-state index contributed by atoms with van der Waals surface area (Å²) < 4.78 is 33.6. The van der Waals surface area contributed by atoms with Crippen LogP contribution in [0, 0.1) is 0 Å². The minimum Gasteiger partial charge on any atom is -0.495 e. The molecule has 31 heavy (non-hydrogen) atoms. The molecule has 2 aromatic rings. The highest BCUT2D eigenvalue weighted by molar-refractivity contribution is 7.92. The van der Waals surface area contributed by atoms with Gasteiger partial charge in [-0.25, -0.2) is 8.42 Å². The average Bonchev–Trinajstić information content (AvgIpc) is 2.73. The molecular formula is C22H28ClN3O4S. The normalized spacial score (nSPS) is 16.9. The van der Waals surface area contributed by atoms with Gasteiger partial charge in [-0.15, -0.1) is 0 Å². The van der Waals surface area contributed by atoms with Crippen LogP contribution < -0.4 is 14.8 Å². The van der Waals surface area contributed by atoms with Crippen molar-refractivity contribution in [2.45, 2.75) is 43.7 Å². The number of benzene rings is 2. The molecule has 2 N–H and O–H groups in total. The van der Waals surface area contributed by atoms with Gasteiger partial charge in [0.1, 0.15) is 5.75 Å². The standard InChI is InChI=1S/C22H28ClN3O4S/c1-15(2)24-18-7-5-11-26(14-18)22(27)16-6-4-8-19(12-16)31(28,29)25-20-13-17(23)9-10-21(20)30-3/h4,6,8-10,12-13,15,18,24-25H,5,7,11,14H2,1-3H3. The van der Waals surface area contributed by atoms with E-state index in [1.165, 1.54) is 25.3 Å². The van der Waals surface area contributed by atoms with E-state index in [0.717, 1.165) is 12.8 Å².